The number of thioether (sulfide) groups is 1. The lowest BCUT2D eigenvalue weighted by molar-refractivity contribution is -0.143. The zero-order chi connectivity index (χ0) is 28.0. The Morgan fingerprint density at radius 2 is 1.46 bits per heavy atom. The highest BCUT2D eigenvalue weighted by Gasteiger charge is 2.50. The first-order chi connectivity index (χ1) is 16.7. The second-order valence-electron chi connectivity index (χ2n) is 7.44. The highest BCUT2D eigenvalue weighted by molar-refractivity contribution is 8.04. The number of ether oxygens (including phenoxy) is 1. The van der Waals surface area contributed by atoms with Crippen LogP contribution in [0.5, 0.6) is 5.75 Å². The van der Waals surface area contributed by atoms with E-state index in [-0.39, 0.29) is 30.0 Å². The number of rotatable bonds is 6. The summed E-state index contributed by atoms with van der Waals surface area (Å²) in [5.74, 6) is -2.24. The normalized spacial score (nSPS) is 19.0. The van der Waals surface area contributed by atoms with Crippen LogP contribution in [-0.2, 0) is 22.4 Å². The van der Waals surface area contributed by atoms with Crippen molar-refractivity contribution in [2.45, 2.75) is 34.9 Å². The lowest BCUT2D eigenvalue weighted by Gasteiger charge is -2.31. The summed E-state index contributed by atoms with van der Waals surface area (Å²) < 4.78 is 152. The standard InChI is InChI=1S/C20H12F9NO5S2/c21-18(22,23)10-5-11(19(24,25)26)7-13(6-10)37(33,34)30-17(8-12(9-36-17)20(27,28)29)35-15-4-2-1-3-14(15)16(31)32/h1-7,9,30H,8H2,(H,31,32). The van der Waals surface area contributed by atoms with Gasteiger partial charge < -0.3 is 9.84 Å². The van der Waals surface area contributed by atoms with Crippen LogP contribution in [0.25, 0.3) is 0 Å². The Morgan fingerprint density at radius 1 is 0.919 bits per heavy atom. The molecule has 37 heavy (non-hydrogen) atoms. The molecular weight excluding hydrogens is 569 g/mol. The number of nitrogens with one attached hydrogen (secondary N) is 1. The summed E-state index contributed by atoms with van der Waals surface area (Å²) in [6.07, 6.45) is -17.1. The van der Waals surface area contributed by atoms with Crippen molar-refractivity contribution < 1.29 is 62.6 Å². The van der Waals surface area contributed by atoms with E-state index in [1.54, 1.807) is 4.72 Å². The van der Waals surface area contributed by atoms with E-state index in [1.807, 2.05) is 0 Å². The maximum Gasteiger partial charge on any atom is 0.416 e. The first kappa shape index (κ1) is 28.6. The molecule has 2 aromatic rings. The van der Waals surface area contributed by atoms with Gasteiger partial charge in [-0.15, -0.1) is 0 Å². The monoisotopic (exact) mass is 581 g/mol. The number of alkyl halides is 9. The molecule has 1 aliphatic rings. The van der Waals surface area contributed by atoms with Crippen molar-refractivity contribution in [3.05, 3.63) is 70.1 Å². The largest absolute Gasteiger partial charge is 0.478 e. The van der Waals surface area contributed by atoms with Crippen LogP contribution in [0.3, 0.4) is 0 Å². The highest BCUT2D eigenvalue weighted by Crippen LogP contribution is 2.47. The smallest absolute Gasteiger partial charge is 0.416 e. The predicted octanol–water partition coefficient (Wildman–Crippen LogP) is 6.02. The van der Waals surface area contributed by atoms with Gasteiger partial charge in [0.15, 0.2) is 0 Å². The number of benzene rings is 2. The van der Waals surface area contributed by atoms with Gasteiger partial charge in [-0.25, -0.2) is 13.2 Å². The molecule has 1 unspecified atom stereocenters. The van der Waals surface area contributed by atoms with E-state index in [1.165, 1.54) is 12.1 Å². The maximum absolute atomic E-state index is 13.3. The summed E-state index contributed by atoms with van der Waals surface area (Å²) in [5.41, 5.74) is -5.93. The SMILES string of the molecule is O=C(O)c1ccccc1OC1(NS(=O)(=O)c2cc(C(F)(F)F)cc(C(F)(F)F)c2)CC(C(F)(F)F)=CS1. The molecule has 1 aliphatic heterocycles. The molecule has 0 aromatic heterocycles. The van der Waals surface area contributed by atoms with Crippen molar-refractivity contribution in [2.24, 2.45) is 0 Å². The van der Waals surface area contributed by atoms with Crippen LogP contribution < -0.4 is 9.46 Å². The number of para-hydroxylation sites is 1. The third-order valence-electron chi connectivity index (χ3n) is 4.73. The van der Waals surface area contributed by atoms with Gasteiger partial charge in [0.2, 0.25) is 15.1 Å². The van der Waals surface area contributed by atoms with Crippen LogP contribution in [0.15, 0.2) is 58.3 Å². The fourth-order valence-corrected chi connectivity index (χ4v) is 5.72. The highest BCUT2D eigenvalue weighted by atomic mass is 32.2. The first-order valence-corrected chi connectivity index (χ1v) is 11.9. The Kier molecular flexibility index (Phi) is 7.30. The van der Waals surface area contributed by atoms with Gasteiger partial charge in [-0.05, 0) is 35.7 Å². The van der Waals surface area contributed by atoms with Crippen LogP contribution in [0.4, 0.5) is 39.5 Å². The molecule has 2 N–H and O–H groups in total. The predicted molar refractivity (Wildman–Crippen MR) is 110 cm³/mol. The average Bonchev–Trinajstić information content (AvgIpc) is 3.15. The zero-order valence-electron chi connectivity index (χ0n) is 17.6. The third kappa shape index (κ3) is 6.51. The summed E-state index contributed by atoms with van der Waals surface area (Å²) in [4.78, 5) is 9.90. The van der Waals surface area contributed by atoms with Gasteiger partial charge in [-0.2, -0.15) is 44.2 Å². The molecule has 0 amide bonds. The van der Waals surface area contributed by atoms with Gasteiger partial charge in [0, 0.05) is 12.0 Å². The van der Waals surface area contributed by atoms with Gasteiger partial charge in [0.1, 0.15) is 11.3 Å². The van der Waals surface area contributed by atoms with Crippen molar-refractivity contribution in [1.29, 1.82) is 0 Å². The molecular formula is C20H12F9NO5S2. The van der Waals surface area contributed by atoms with E-state index in [0.717, 1.165) is 12.1 Å². The Hall–Kier alpha value is -2.92. The minimum absolute atomic E-state index is 0.0492. The summed E-state index contributed by atoms with van der Waals surface area (Å²) in [6.45, 7) is 0. The second-order valence-corrected chi connectivity index (χ2v) is 10.3. The minimum atomic E-state index is -5.43. The Labute approximate surface area is 206 Å². The fraction of sp³-hybridized carbons (Fsp3) is 0.250. The second kappa shape index (κ2) is 9.43. The summed E-state index contributed by atoms with van der Waals surface area (Å²) in [7, 11) is -5.43. The molecule has 0 saturated carbocycles. The fourth-order valence-electron chi connectivity index (χ4n) is 3.06. The molecule has 17 heteroatoms. The van der Waals surface area contributed by atoms with Crippen molar-refractivity contribution in [1.82, 2.24) is 4.72 Å². The molecule has 6 nitrogen and oxygen atoms in total. The molecule has 0 aliphatic carbocycles. The van der Waals surface area contributed by atoms with Crippen LogP contribution in [-0.4, -0.2) is 30.7 Å². The van der Waals surface area contributed by atoms with Crippen molar-refractivity contribution >= 4 is 27.8 Å². The van der Waals surface area contributed by atoms with Gasteiger partial charge in [-0.3, -0.25) is 0 Å². The van der Waals surface area contributed by atoms with Gasteiger partial charge >= 0.3 is 24.5 Å². The number of aromatic carboxylic acids is 1. The topological polar surface area (TPSA) is 92.7 Å². The lowest BCUT2D eigenvalue weighted by Crippen LogP contribution is -2.49. The van der Waals surface area contributed by atoms with Crippen molar-refractivity contribution in [3.8, 4) is 5.75 Å². The van der Waals surface area contributed by atoms with Crippen LogP contribution in [0.1, 0.15) is 27.9 Å². The van der Waals surface area contributed by atoms with Gasteiger partial charge in [0.05, 0.1) is 16.0 Å². The Balaban J connectivity index is 2.12. The van der Waals surface area contributed by atoms with E-state index < -0.39 is 78.9 Å². The van der Waals surface area contributed by atoms with Crippen LogP contribution in [0, 0.1) is 0 Å². The molecule has 0 radical (unpaired) electrons. The van der Waals surface area contributed by atoms with Gasteiger partial charge in [-0.1, -0.05) is 23.9 Å². The van der Waals surface area contributed by atoms with E-state index in [2.05, 4.69) is 0 Å². The number of hydrogen-bond donors (Lipinski definition) is 2. The Morgan fingerprint density at radius 3 is 1.92 bits per heavy atom. The minimum Gasteiger partial charge on any atom is -0.478 e. The molecule has 3 rings (SSSR count). The van der Waals surface area contributed by atoms with Crippen molar-refractivity contribution in [3.63, 3.8) is 0 Å². The molecule has 202 valence electrons. The van der Waals surface area contributed by atoms with E-state index in [4.69, 9.17) is 4.74 Å². The number of hydrogen-bond acceptors (Lipinski definition) is 5. The van der Waals surface area contributed by atoms with Crippen molar-refractivity contribution in [2.75, 3.05) is 0 Å². The van der Waals surface area contributed by atoms with Gasteiger partial charge in [0.25, 0.3) is 0 Å². The van der Waals surface area contributed by atoms with E-state index in [0.29, 0.717) is 5.41 Å². The van der Waals surface area contributed by atoms with E-state index >= 15 is 0 Å². The van der Waals surface area contributed by atoms with Crippen LogP contribution >= 0.6 is 11.8 Å². The zero-order valence-corrected chi connectivity index (χ0v) is 19.3. The van der Waals surface area contributed by atoms with E-state index in [9.17, 15) is 57.8 Å². The summed E-state index contributed by atoms with van der Waals surface area (Å²) in [6, 6.07) is 3.77. The summed E-state index contributed by atoms with van der Waals surface area (Å²) in [5, 5.41) is 7.01. The molecule has 2 aromatic carbocycles. The number of sulfonamides is 1. The first-order valence-electron chi connectivity index (χ1n) is 9.52. The molecule has 0 saturated heterocycles. The maximum atomic E-state index is 13.3. The quantitative estimate of drug-likeness (QED) is 0.321. The molecule has 1 heterocycles. The lowest BCUT2D eigenvalue weighted by atomic mass is 10.1. The molecule has 1 atom stereocenters. The number of carbonyl (C=O) groups is 1. The van der Waals surface area contributed by atoms with Crippen LogP contribution in [0.2, 0.25) is 0 Å². The average molecular weight is 581 g/mol. The Bertz CT molecular complexity index is 1320. The molecule has 0 fully saturated rings. The summed E-state index contributed by atoms with van der Waals surface area (Å²) >= 11 is 0.0492. The number of halogens is 9. The third-order valence-corrected chi connectivity index (χ3v) is 7.43. The molecule has 0 spiro atoms. The molecule has 0 bridgehead atoms. The number of carboxylic acids is 1. The number of carboxylic acid groups (broad SMARTS) is 1.